The SMILES string of the molecule is O=C(COC(=O)c1cc2c(F)cccc2s1)Nc1ccc(Cl)cc1[N+](=O)[O-]. The highest BCUT2D eigenvalue weighted by Gasteiger charge is 2.19. The van der Waals surface area contributed by atoms with E-state index in [4.69, 9.17) is 16.3 Å². The number of nitro groups is 1. The summed E-state index contributed by atoms with van der Waals surface area (Å²) in [4.78, 5) is 34.4. The van der Waals surface area contributed by atoms with E-state index in [1.165, 1.54) is 30.3 Å². The number of fused-ring (bicyclic) bond motifs is 1. The molecular formula is C17H10ClFN2O5S. The molecular weight excluding hydrogens is 399 g/mol. The van der Waals surface area contributed by atoms with Crippen molar-refractivity contribution in [3.05, 3.63) is 68.3 Å². The van der Waals surface area contributed by atoms with E-state index in [9.17, 15) is 24.1 Å². The number of nitrogens with zero attached hydrogens (tertiary/aromatic N) is 1. The summed E-state index contributed by atoms with van der Waals surface area (Å²) >= 11 is 6.73. The molecule has 1 aromatic heterocycles. The number of rotatable bonds is 5. The Kier molecular flexibility index (Phi) is 5.33. The van der Waals surface area contributed by atoms with E-state index in [1.807, 2.05) is 0 Å². The number of hydrogen-bond donors (Lipinski definition) is 1. The normalized spacial score (nSPS) is 10.6. The van der Waals surface area contributed by atoms with Crippen LogP contribution in [0.4, 0.5) is 15.8 Å². The van der Waals surface area contributed by atoms with Gasteiger partial charge in [-0.25, -0.2) is 9.18 Å². The average molecular weight is 409 g/mol. The van der Waals surface area contributed by atoms with Crippen molar-refractivity contribution in [2.45, 2.75) is 0 Å². The summed E-state index contributed by atoms with van der Waals surface area (Å²) in [6, 6.07) is 9.55. The van der Waals surface area contributed by atoms with E-state index in [0.717, 1.165) is 17.4 Å². The van der Waals surface area contributed by atoms with Gasteiger partial charge in [-0.3, -0.25) is 14.9 Å². The van der Waals surface area contributed by atoms with Crippen LogP contribution in [0.5, 0.6) is 0 Å². The second-order valence-electron chi connectivity index (χ2n) is 5.31. The zero-order valence-corrected chi connectivity index (χ0v) is 15.0. The molecule has 0 atom stereocenters. The van der Waals surface area contributed by atoms with Crippen molar-refractivity contribution in [1.29, 1.82) is 0 Å². The third kappa shape index (κ3) is 4.21. The fraction of sp³-hybridized carbons (Fsp3) is 0.0588. The first-order chi connectivity index (χ1) is 12.8. The van der Waals surface area contributed by atoms with Crippen molar-refractivity contribution in [3.8, 4) is 0 Å². The number of hydrogen-bond acceptors (Lipinski definition) is 6. The van der Waals surface area contributed by atoms with Crippen molar-refractivity contribution in [3.63, 3.8) is 0 Å². The first kappa shape index (κ1) is 18.7. The number of carbonyl (C=O) groups excluding carboxylic acids is 2. The molecule has 27 heavy (non-hydrogen) atoms. The lowest BCUT2D eigenvalue weighted by molar-refractivity contribution is -0.383. The summed E-state index contributed by atoms with van der Waals surface area (Å²) in [5, 5.41) is 13.7. The van der Waals surface area contributed by atoms with Crippen molar-refractivity contribution in [2.24, 2.45) is 0 Å². The molecule has 3 aromatic rings. The van der Waals surface area contributed by atoms with Gasteiger partial charge in [0.05, 0.1) is 4.92 Å². The number of ether oxygens (including phenoxy) is 1. The molecule has 0 unspecified atom stereocenters. The molecule has 138 valence electrons. The van der Waals surface area contributed by atoms with Gasteiger partial charge in [0.2, 0.25) is 0 Å². The topological polar surface area (TPSA) is 98.5 Å². The predicted octanol–water partition coefficient (Wildman–Crippen LogP) is 4.40. The van der Waals surface area contributed by atoms with Crippen LogP contribution in [-0.2, 0) is 9.53 Å². The third-order valence-electron chi connectivity index (χ3n) is 3.47. The average Bonchev–Trinajstić information content (AvgIpc) is 3.07. The van der Waals surface area contributed by atoms with Gasteiger partial charge in [0.15, 0.2) is 6.61 Å². The van der Waals surface area contributed by atoms with Crippen molar-refractivity contribution < 1.29 is 23.6 Å². The van der Waals surface area contributed by atoms with Crippen LogP contribution >= 0.6 is 22.9 Å². The molecule has 10 heteroatoms. The van der Waals surface area contributed by atoms with Crippen molar-refractivity contribution in [2.75, 3.05) is 11.9 Å². The Hall–Kier alpha value is -3.04. The second-order valence-corrected chi connectivity index (χ2v) is 6.83. The quantitative estimate of drug-likeness (QED) is 0.383. The van der Waals surface area contributed by atoms with E-state index in [1.54, 1.807) is 6.07 Å². The molecule has 0 saturated carbocycles. The van der Waals surface area contributed by atoms with Gasteiger partial charge >= 0.3 is 5.97 Å². The minimum Gasteiger partial charge on any atom is -0.451 e. The lowest BCUT2D eigenvalue weighted by Gasteiger charge is -2.06. The second kappa shape index (κ2) is 7.68. The molecule has 0 bridgehead atoms. The highest BCUT2D eigenvalue weighted by atomic mass is 35.5. The zero-order valence-electron chi connectivity index (χ0n) is 13.4. The largest absolute Gasteiger partial charge is 0.451 e. The van der Waals surface area contributed by atoms with E-state index >= 15 is 0 Å². The molecule has 0 saturated heterocycles. The van der Waals surface area contributed by atoms with Gasteiger partial charge < -0.3 is 10.1 Å². The van der Waals surface area contributed by atoms with Crippen LogP contribution < -0.4 is 5.32 Å². The number of nitro benzene ring substituents is 1. The molecule has 0 spiro atoms. The molecule has 0 fully saturated rings. The molecule has 2 aromatic carbocycles. The minimum absolute atomic E-state index is 0.0746. The van der Waals surface area contributed by atoms with Gasteiger partial charge in [-0.05, 0) is 30.3 Å². The molecule has 0 radical (unpaired) electrons. The van der Waals surface area contributed by atoms with Crippen molar-refractivity contribution >= 4 is 56.3 Å². The molecule has 7 nitrogen and oxygen atoms in total. The fourth-order valence-electron chi connectivity index (χ4n) is 2.28. The number of esters is 1. The smallest absolute Gasteiger partial charge is 0.348 e. The lowest BCUT2D eigenvalue weighted by atomic mass is 10.2. The number of anilines is 1. The number of benzene rings is 2. The van der Waals surface area contributed by atoms with Crippen LogP contribution in [-0.4, -0.2) is 23.4 Å². The summed E-state index contributed by atoms with van der Waals surface area (Å²) < 4.78 is 19.1. The van der Waals surface area contributed by atoms with Gasteiger partial charge in [0.25, 0.3) is 11.6 Å². The minimum atomic E-state index is -0.795. The van der Waals surface area contributed by atoms with Crippen LogP contribution in [0.2, 0.25) is 5.02 Å². The highest BCUT2D eigenvalue weighted by molar-refractivity contribution is 7.20. The maximum absolute atomic E-state index is 13.7. The van der Waals surface area contributed by atoms with Crippen LogP contribution in [0.25, 0.3) is 10.1 Å². The highest BCUT2D eigenvalue weighted by Crippen LogP contribution is 2.29. The maximum atomic E-state index is 13.7. The van der Waals surface area contributed by atoms with Gasteiger partial charge in [0, 0.05) is 21.2 Å². The Morgan fingerprint density at radius 3 is 2.74 bits per heavy atom. The van der Waals surface area contributed by atoms with Gasteiger partial charge in [-0.1, -0.05) is 17.7 Å². The standard InChI is InChI=1S/C17H10ClFN2O5S/c18-9-4-5-12(13(6-9)21(24)25)20-16(22)8-26-17(23)15-7-10-11(19)2-1-3-14(10)27-15/h1-7H,8H2,(H,20,22). The molecule has 1 amide bonds. The molecule has 3 rings (SSSR count). The Morgan fingerprint density at radius 2 is 2.04 bits per heavy atom. The number of thiophene rings is 1. The zero-order chi connectivity index (χ0) is 19.6. The molecule has 1 N–H and O–H groups in total. The number of carbonyl (C=O) groups is 2. The Labute approximate surface area is 160 Å². The number of halogens is 2. The van der Waals surface area contributed by atoms with Crippen LogP contribution in [0.1, 0.15) is 9.67 Å². The van der Waals surface area contributed by atoms with Crippen LogP contribution in [0.15, 0.2) is 42.5 Å². The number of amides is 1. The molecule has 0 aliphatic rings. The Bertz CT molecular complexity index is 1070. The van der Waals surface area contributed by atoms with E-state index in [-0.39, 0.29) is 26.7 Å². The van der Waals surface area contributed by atoms with Crippen LogP contribution in [0.3, 0.4) is 0 Å². The van der Waals surface area contributed by atoms with E-state index in [2.05, 4.69) is 5.32 Å². The predicted molar refractivity (Wildman–Crippen MR) is 98.8 cm³/mol. The monoisotopic (exact) mass is 408 g/mol. The fourth-order valence-corrected chi connectivity index (χ4v) is 3.41. The summed E-state index contributed by atoms with van der Waals surface area (Å²) in [6.45, 7) is -0.657. The van der Waals surface area contributed by atoms with E-state index in [0.29, 0.717) is 4.70 Å². The van der Waals surface area contributed by atoms with Crippen molar-refractivity contribution in [1.82, 2.24) is 0 Å². The Morgan fingerprint density at radius 1 is 1.26 bits per heavy atom. The maximum Gasteiger partial charge on any atom is 0.348 e. The molecule has 0 aliphatic heterocycles. The van der Waals surface area contributed by atoms with Gasteiger partial charge in [0.1, 0.15) is 16.4 Å². The summed E-state index contributed by atoms with van der Waals surface area (Å²) in [6.07, 6.45) is 0. The van der Waals surface area contributed by atoms with Crippen LogP contribution in [0, 0.1) is 15.9 Å². The number of nitrogens with one attached hydrogen (secondary N) is 1. The summed E-state index contributed by atoms with van der Waals surface area (Å²) in [5.74, 6) is -2.02. The Balaban J connectivity index is 1.66. The molecule has 1 heterocycles. The third-order valence-corrected chi connectivity index (χ3v) is 4.79. The first-order valence-corrected chi connectivity index (χ1v) is 8.63. The first-order valence-electron chi connectivity index (χ1n) is 7.44. The molecule has 0 aliphatic carbocycles. The lowest BCUT2D eigenvalue weighted by Crippen LogP contribution is -2.21. The summed E-state index contributed by atoms with van der Waals surface area (Å²) in [7, 11) is 0. The van der Waals surface area contributed by atoms with Gasteiger partial charge in [-0.15, -0.1) is 11.3 Å². The van der Waals surface area contributed by atoms with E-state index < -0.39 is 29.2 Å². The van der Waals surface area contributed by atoms with Gasteiger partial charge in [-0.2, -0.15) is 0 Å². The summed E-state index contributed by atoms with van der Waals surface area (Å²) in [5.41, 5.74) is -0.462.